The van der Waals surface area contributed by atoms with Gasteiger partial charge in [-0.15, -0.1) is 0 Å². The van der Waals surface area contributed by atoms with Gasteiger partial charge in [0.2, 0.25) is 0 Å². The predicted molar refractivity (Wildman–Crippen MR) is 106 cm³/mol. The van der Waals surface area contributed by atoms with Crippen molar-refractivity contribution in [1.29, 1.82) is 0 Å². The number of benzene rings is 1. The molecule has 0 amide bonds. The Labute approximate surface area is 160 Å². The van der Waals surface area contributed by atoms with E-state index < -0.39 is 0 Å². The molecule has 3 rings (SSSR count). The van der Waals surface area contributed by atoms with Gasteiger partial charge in [0.05, 0.1) is 11.9 Å². The van der Waals surface area contributed by atoms with E-state index in [-0.39, 0.29) is 12.4 Å². The first-order valence-electron chi connectivity index (χ1n) is 9.55. The summed E-state index contributed by atoms with van der Waals surface area (Å²) in [5.41, 5.74) is 4.08. The van der Waals surface area contributed by atoms with Crippen LogP contribution in [0, 0.1) is 5.82 Å². The van der Waals surface area contributed by atoms with Crippen LogP contribution in [0.15, 0.2) is 42.1 Å². The molecule has 6 heteroatoms. The van der Waals surface area contributed by atoms with E-state index in [9.17, 15) is 9.50 Å². The highest BCUT2D eigenvalue weighted by atomic mass is 19.1. The summed E-state index contributed by atoms with van der Waals surface area (Å²) in [6.07, 6.45) is 4.85. The second-order valence-electron chi connectivity index (χ2n) is 7.46. The number of nitrogens with one attached hydrogen (secondary N) is 1. The molecule has 0 radical (unpaired) electrons. The minimum atomic E-state index is -0.246. The molecule has 1 unspecified atom stereocenters. The zero-order valence-electron chi connectivity index (χ0n) is 16.2. The van der Waals surface area contributed by atoms with E-state index in [1.165, 1.54) is 17.7 Å². The third kappa shape index (κ3) is 5.25. The number of halogens is 1. The molecule has 5 nitrogen and oxygen atoms in total. The summed E-state index contributed by atoms with van der Waals surface area (Å²) in [4.78, 5) is 4.84. The van der Waals surface area contributed by atoms with Gasteiger partial charge in [-0.1, -0.05) is 23.8 Å². The van der Waals surface area contributed by atoms with Crippen molar-refractivity contribution >= 4 is 0 Å². The van der Waals surface area contributed by atoms with Gasteiger partial charge in [-0.25, -0.2) is 4.39 Å². The van der Waals surface area contributed by atoms with Crippen molar-refractivity contribution in [2.45, 2.75) is 32.9 Å². The number of rotatable bonds is 7. The summed E-state index contributed by atoms with van der Waals surface area (Å²) in [5.74, 6) is -0.246. The number of nitrogens with zero attached hydrogens (tertiary/aromatic N) is 3. The predicted octanol–water partition coefficient (Wildman–Crippen LogP) is 3.05. The van der Waals surface area contributed by atoms with Crippen LogP contribution in [0.2, 0.25) is 0 Å². The molecule has 1 saturated heterocycles. The van der Waals surface area contributed by atoms with Crippen LogP contribution < -0.4 is 0 Å². The molecule has 27 heavy (non-hydrogen) atoms. The van der Waals surface area contributed by atoms with Gasteiger partial charge in [0.1, 0.15) is 5.82 Å². The second kappa shape index (κ2) is 9.26. The van der Waals surface area contributed by atoms with Gasteiger partial charge in [-0.2, -0.15) is 5.10 Å². The highest BCUT2D eigenvalue weighted by Crippen LogP contribution is 2.24. The summed E-state index contributed by atoms with van der Waals surface area (Å²) < 4.78 is 13.6. The number of hydrogen-bond acceptors (Lipinski definition) is 4. The van der Waals surface area contributed by atoms with E-state index in [1.54, 1.807) is 6.07 Å². The standard InChI is InChI=1S/C21H29FN4O/c1-16(2)6-8-26-10-9-25(15-20(26)7-11-27)14-18-13-23-24-21(18)17-4-3-5-19(22)12-17/h3-6,12-13,20,27H,7-11,14-15H2,1-2H3,(H,23,24). The van der Waals surface area contributed by atoms with E-state index in [4.69, 9.17) is 0 Å². The SMILES string of the molecule is CC(C)=CCN1CCN(Cc2cn[nH]c2-c2cccc(F)c2)CC1CCO. The van der Waals surface area contributed by atoms with Crippen LogP contribution in [-0.4, -0.2) is 63.9 Å². The first kappa shape index (κ1) is 19.7. The zero-order chi connectivity index (χ0) is 19.2. The number of aromatic nitrogens is 2. The van der Waals surface area contributed by atoms with Crippen LogP contribution in [0.5, 0.6) is 0 Å². The molecular formula is C21H29FN4O. The molecule has 146 valence electrons. The summed E-state index contributed by atoms with van der Waals surface area (Å²) in [6.45, 7) is 8.97. The number of piperazine rings is 1. The lowest BCUT2D eigenvalue weighted by molar-refractivity contribution is 0.0637. The van der Waals surface area contributed by atoms with Gasteiger partial charge in [-0.3, -0.25) is 14.9 Å². The van der Waals surface area contributed by atoms with E-state index in [0.717, 1.165) is 56.0 Å². The Morgan fingerprint density at radius 2 is 2.22 bits per heavy atom. The molecule has 1 aromatic carbocycles. The van der Waals surface area contributed by atoms with Crippen molar-refractivity contribution < 1.29 is 9.50 Å². The fourth-order valence-corrected chi connectivity index (χ4v) is 3.63. The van der Waals surface area contributed by atoms with E-state index in [0.29, 0.717) is 6.04 Å². The average molecular weight is 372 g/mol. The number of aliphatic hydroxyl groups is 1. The molecule has 1 aromatic heterocycles. The Bertz CT molecular complexity index is 769. The van der Waals surface area contributed by atoms with Gasteiger partial charge >= 0.3 is 0 Å². The number of allylic oxidation sites excluding steroid dienone is 1. The van der Waals surface area contributed by atoms with Crippen LogP contribution in [0.4, 0.5) is 4.39 Å². The monoisotopic (exact) mass is 372 g/mol. The molecule has 0 spiro atoms. The van der Waals surface area contributed by atoms with Crippen LogP contribution in [0.3, 0.4) is 0 Å². The quantitative estimate of drug-likeness (QED) is 0.734. The minimum absolute atomic E-state index is 0.198. The molecule has 0 saturated carbocycles. The van der Waals surface area contributed by atoms with Crippen molar-refractivity contribution in [3.63, 3.8) is 0 Å². The van der Waals surface area contributed by atoms with Gasteiger partial charge in [0.25, 0.3) is 0 Å². The Hall–Kier alpha value is -2.02. The van der Waals surface area contributed by atoms with Gasteiger partial charge in [-0.05, 0) is 32.4 Å². The Morgan fingerprint density at radius 1 is 1.37 bits per heavy atom. The summed E-state index contributed by atoms with van der Waals surface area (Å²) in [5, 5.41) is 16.7. The second-order valence-corrected chi connectivity index (χ2v) is 7.46. The maximum Gasteiger partial charge on any atom is 0.123 e. The lowest BCUT2D eigenvalue weighted by Crippen LogP contribution is -2.53. The molecule has 2 aromatic rings. The lowest BCUT2D eigenvalue weighted by atomic mass is 10.1. The molecule has 1 fully saturated rings. The first-order valence-corrected chi connectivity index (χ1v) is 9.55. The lowest BCUT2D eigenvalue weighted by Gasteiger charge is -2.41. The molecular weight excluding hydrogens is 343 g/mol. The molecule has 1 aliphatic heterocycles. The Balaban J connectivity index is 1.69. The largest absolute Gasteiger partial charge is 0.396 e. The fourth-order valence-electron chi connectivity index (χ4n) is 3.63. The maximum absolute atomic E-state index is 13.6. The van der Waals surface area contributed by atoms with Crippen molar-refractivity contribution in [3.05, 3.63) is 53.5 Å². The topological polar surface area (TPSA) is 55.4 Å². The number of aromatic amines is 1. The molecule has 1 aliphatic rings. The van der Waals surface area contributed by atoms with Gasteiger partial charge < -0.3 is 5.11 Å². The minimum Gasteiger partial charge on any atom is -0.396 e. The smallest absolute Gasteiger partial charge is 0.123 e. The van der Waals surface area contributed by atoms with E-state index >= 15 is 0 Å². The molecule has 2 N–H and O–H groups in total. The molecule has 1 atom stereocenters. The molecule has 0 aliphatic carbocycles. The van der Waals surface area contributed by atoms with E-state index in [1.807, 2.05) is 12.3 Å². The maximum atomic E-state index is 13.6. The van der Waals surface area contributed by atoms with Crippen molar-refractivity contribution in [2.75, 3.05) is 32.8 Å². The normalized spacial score (nSPS) is 18.6. The van der Waals surface area contributed by atoms with Crippen molar-refractivity contribution in [1.82, 2.24) is 20.0 Å². The summed E-state index contributed by atoms with van der Waals surface area (Å²) in [6, 6.07) is 6.93. The number of H-pyrrole nitrogens is 1. The number of hydrogen-bond donors (Lipinski definition) is 2. The molecule has 2 heterocycles. The molecule has 0 bridgehead atoms. The van der Waals surface area contributed by atoms with Crippen LogP contribution in [0.25, 0.3) is 11.3 Å². The van der Waals surface area contributed by atoms with Crippen molar-refractivity contribution in [2.24, 2.45) is 0 Å². The third-order valence-corrected chi connectivity index (χ3v) is 5.11. The first-order chi connectivity index (χ1) is 13.1. The summed E-state index contributed by atoms with van der Waals surface area (Å²) in [7, 11) is 0. The zero-order valence-corrected chi connectivity index (χ0v) is 16.2. The average Bonchev–Trinajstić information content (AvgIpc) is 3.09. The van der Waals surface area contributed by atoms with Gasteiger partial charge in [0.15, 0.2) is 0 Å². The highest BCUT2D eigenvalue weighted by Gasteiger charge is 2.26. The summed E-state index contributed by atoms with van der Waals surface area (Å²) >= 11 is 0. The van der Waals surface area contributed by atoms with Crippen LogP contribution >= 0.6 is 0 Å². The highest BCUT2D eigenvalue weighted by molar-refractivity contribution is 5.62. The Kier molecular flexibility index (Phi) is 6.77. The van der Waals surface area contributed by atoms with Crippen molar-refractivity contribution in [3.8, 4) is 11.3 Å². The number of aliphatic hydroxyl groups excluding tert-OH is 1. The van der Waals surface area contributed by atoms with E-state index in [2.05, 4.69) is 39.9 Å². The Morgan fingerprint density at radius 3 is 2.96 bits per heavy atom. The fraction of sp³-hybridized carbons (Fsp3) is 0.476. The van der Waals surface area contributed by atoms with Crippen LogP contribution in [-0.2, 0) is 6.54 Å². The third-order valence-electron chi connectivity index (χ3n) is 5.11. The van der Waals surface area contributed by atoms with Crippen LogP contribution in [0.1, 0.15) is 25.8 Å². The van der Waals surface area contributed by atoms with Gasteiger partial charge in [0, 0.05) is 56.5 Å².